The number of benzene rings is 1. The molecule has 0 unspecified atom stereocenters. The molecule has 0 heterocycles. The van der Waals surface area contributed by atoms with Gasteiger partial charge < -0.3 is 10.2 Å². The second kappa shape index (κ2) is 6.66. The van der Waals surface area contributed by atoms with Gasteiger partial charge in [-0.25, -0.2) is 4.39 Å². The average molecular weight is 264 g/mol. The van der Waals surface area contributed by atoms with Gasteiger partial charge in [0, 0.05) is 18.3 Å². The lowest BCUT2D eigenvalue weighted by Crippen LogP contribution is -2.41. The highest BCUT2D eigenvalue weighted by Gasteiger charge is 2.18. The Balaban J connectivity index is 1.92. The highest BCUT2D eigenvalue weighted by molar-refractivity contribution is 5.94. The predicted molar refractivity (Wildman–Crippen MR) is 74.7 cm³/mol. The molecule has 104 valence electrons. The van der Waals surface area contributed by atoms with Crippen LogP contribution in [0.5, 0.6) is 0 Å². The smallest absolute Gasteiger partial charge is 0.240 e. The molecular formula is C15H21FN2O. The molecule has 2 rings (SSSR count). The minimum absolute atomic E-state index is 0.0426. The van der Waals surface area contributed by atoms with E-state index in [-0.39, 0.29) is 11.7 Å². The van der Waals surface area contributed by atoms with Crippen LogP contribution in [0.15, 0.2) is 24.3 Å². The van der Waals surface area contributed by atoms with E-state index in [1.807, 2.05) is 6.92 Å². The normalized spacial score (nSPS) is 15.7. The van der Waals surface area contributed by atoms with Gasteiger partial charge in [-0.1, -0.05) is 12.8 Å². The Morgan fingerprint density at radius 1 is 1.32 bits per heavy atom. The van der Waals surface area contributed by atoms with E-state index in [0.717, 1.165) is 18.5 Å². The van der Waals surface area contributed by atoms with E-state index in [1.54, 1.807) is 17.0 Å². The van der Waals surface area contributed by atoms with Crippen LogP contribution in [-0.2, 0) is 4.79 Å². The molecule has 0 radical (unpaired) electrons. The van der Waals surface area contributed by atoms with Crippen molar-refractivity contribution in [3.05, 3.63) is 30.1 Å². The van der Waals surface area contributed by atoms with Crippen LogP contribution < -0.4 is 10.2 Å². The third-order valence-corrected chi connectivity index (χ3v) is 3.65. The summed E-state index contributed by atoms with van der Waals surface area (Å²) in [5.41, 5.74) is 0.752. The number of halogens is 1. The molecule has 1 aromatic rings. The number of likely N-dealkylation sites (N-methyl/N-ethyl adjacent to an activating group) is 1. The molecule has 0 atom stereocenters. The fraction of sp³-hybridized carbons (Fsp3) is 0.533. The SMILES string of the molecule is CCN(C(=O)CNC1CCCC1)c1ccc(F)cc1. The van der Waals surface area contributed by atoms with Gasteiger partial charge in [0.1, 0.15) is 5.82 Å². The van der Waals surface area contributed by atoms with Crippen LogP contribution >= 0.6 is 0 Å². The van der Waals surface area contributed by atoms with Crippen LogP contribution in [-0.4, -0.2) is 25.0 Å². The zero-order chi connectivity index (χ0) is 13.7. The van der Waals surface area contributed by atoms with Gasteiger partial charge in [0.25, 0.3) is 0 Å². The monoisotopic (exact) mass is 264 g/mol. The van der Waals surface area contributed by atoms with Gasteiger partial charge in [-0.05, 0) is 44.0 Å². The van der Waals surface area contributed by atoms with E-state index in [1.165, 1.54) is 25.0 Å². The summed E-state index contributed by atoms with van der Waals surface area (Å²) >= 11 is 0. The molecule has 1 aromatic carbocycles. The Bertz CT molecular complexity index is 413. The summed E-state index contributed by atoms with van der Waals surface area (Å²) < 4.78 is 12.9. The zero-order valence-corrected chi connectivity index (χ0v) is 11.4. The molecule has 1 N–H and O–H groups in total. The van der Waals surface area contributed by atoms with Gasteiger partial charge in [-0.2, -0.15) is 0 Å². The number of nitrogens with zero attached hydrogens (tertiary/aromatic N) is 1. The van der Waals surface area contributed by atoms with Crippen molar-refractivity contribution in [2.24, 2.45) is 0 Å². The Morgan fingerprint density at radius 3 is 2.53 bits per heavy atom. The Morgan fingerprint density at radius 2 is 1.95 bits per heavy atom. The van der Waals surface area contributed by atoms with Crippen molar-refractivity contribution in [1.82, 2.24) is 5.32 Å². The number of amides is 1. The second-order valence-corrected chi connectivity index (χ2v) is 4.98. The fourth-order valence-electron chi connectivity index (χ4n) is 2.58. The summed E-state index contributed by atoms with van der Waals surface area (Å²) in [4.78, 5) is 13.9. The predicted octanol–water partition coefficient (Wildman–Crippen LogP) is 2.71. The van der Waals surface area contributed by atoms with Gasteiger partial charge in [0.2, 0.25) is 5.91 Å². The molecule has 1 fully saturated rings. The van der Waals surface area contributed by atoms with E-state index >= 15 is 0 Å². The van der Waals surface area contributed by atoms with Gasteiger partial charge in [0.15, 0.2) is 0 Å². The lowest BCUT2D eigenvalue weighted by Gasteiger charge is -2.22. The van der Waals surface area contributed by atoms with E-state index in [2.05, 4.69) is 5.32 Å². The minimum atomic E-state index is -0.281. The molecule has 3 nitrogen and oxygen atoms in total. The first-order valence-electron chi connectivity index (χ1n) is 7.00. The summed E-state index contributed by atoms with van der Waals surface area (Å²) in [6.45, 7) is 2.88. The zero-order valence-electron chi connectivity index (χ0n) is 11.4. The molecule has 0 saturated heterocycles. The molecule has 1 amide bonds. The maximum Gasteiger partial charge on any atom is 0.240 e. The van der Waals surface area contributed by atoms with Crippen molar-refractivity contribution >= 4 is 11.6 Å². The molecule has 1 aliphatic carbocycles. The van der Waals surface area contributed by atoms with Crippen molar-refractivity contribution in [3.63, 3.8) is 0 Å². The number of carbonyl (C=O) groups is 1. The van der Waals surface area contributed by atoms with Crippen molar-refractivity contribution in [2.45, 2.75) is 38.6 Å². The molecule has 0 spiro atoms. The van der Waals surface area contributed by atoms with Crippen LogP contribution in [0.1, 0.15) is 32.6 Å². The number of hydrogen-bond donors (Lipinski definition) is 1. The summed E-state index contributed by atoms with van der Waals surface area (Å²) in [7, 11) is 0. The van der Waals surface area contributed by atoms with Crippen LogP contribution in [0.25, 0.3) is 0 Å². The van der Waals surface area contributed by atoms with Crippen LogP contribution in [0.3, 0.4) is 0 Å². The molecule has 1 aliphatic rings. The Hall–Kier alpha value is -1.42. The highest BCUT2D eigenvalue weighted by Crippen LogP contribution is 2.18. The maximum atomic E-state index is 12.9. The summed E-state index contributed by atoms with van der Waals surface area (Å²) in [6.07, 6.45) is 4.83. The third kappa shape index (κ3) is 3.77. The van der Waals surface area contributed by atoms with Crippen molar-refractivity contribution in [2.75, 3.05) is 18.0 Å². The fourth-order valence-corrected chi connectivity index (χ4v) is 2.58. The van der Waals surface area contributed by atoms with Gasteiger partial charge in [0.05, 0.1) is 6.54 Å². The lowest BCUT2D eigenvalue weighted by molar-refractivity contribution is -0.117. The molecule has 4 heteroatoms. The summed E-state index contributed by atoms with van der Waals surface area (Å²) in [5, 5.41) is 3.31. The van der Waals surface area contributed by atoms with Gasteiger partial charge in [-0.15, -0.1) is 0 Å². The molecule has 0 aliphatic heterocycles. The molecule has 1 saturated carbocycles. The standard InChI is InChI=1S/C15H21FN2O/c1-2-18(14-9-7-12(16)8-10-14)15(19)11-17-13-5-3-4-6-13/h7-10,13,17H,2-6,11H2,1H3. The molecular weight excluding hydrogens is 243 g/mol. The Kier molecular flexibility index (Phi) is 4.91. The highest BCUT2D eigenvalue weighted by atomic mass is 19.1. The molecule has 0 bridgehead atoms. The van der Waals surface area contributed by atoms with Gasteiger partial charge >= 0.3 is 0 Å². The van der Waals surface area contributed by atoms with Crippen molar-refractivity contribution in [3.8, 4) is 0 Å². The third-order valence-electron chi connectivity index (χ3n) is 3.65. The van der Waals surface area contributed by atoms with Crippen molar-refractivity contribution < 1.29 is 9.18 Å². The van der Waals surface area contributed by atoms with Crippen LogP contribution in [0, 0.1) is 5.82 Å². The van der Waals surface area contributed by atoms with E-state index in [0.29, 0.717) is 19.1 Å². The van der Waals surface area contributed by atoms with Crippen LogP contribution in [0.2, 0.25) is 0 Å². The van der Waals surface area contributed by atoms with E-state index < -0.39 is 0 Å². The summed E-state index contributed by atoms with van der Waals surface area (Å²) in [6, 6.07) is 6.54. The maximum absolute atomic E-state index is 12.9. The minimum Gasteiger partial charge on any atom is -0.312 e. The number of hydrogen-bond acceptors (Lipinski definition) is 2. The quantitative estimate of drug-likeness (QED) is 0.887. The lowest BCUT2D eigenvalue weighted by atomic mass is 10.2. The summed E-state index contributed by atoms with van der Waals surface area (Å²) in [5.74, 6) is -0.239. The van der Waals surface area contributed by atoms with Crippen molar-refractivity contribution in [1.29, 1.82) is 0 Å². The van der Waals surface area contributed by atoms with E-state index in [9.17, 15) is 9.18 Å². The topological polar surface area (TPSA) is 32.3 Å². The first-order valence-corrected chi connectivity index (χ1v) is 7.00. The largest absolute Gasteiger partial charge is 0.312 e. The Labute approximate surface area is 113 Å². The van der Waals surface area contributed by atoms with Crippen LogP contribution in [0.4, 0.5) is 10.1 Å². The molecule has 0 aromatic heterocycles. The first-order chi connectivity index (χ1) is 9.20. The van der Waals surface area contributed by atoms with E-state index in [4.69, 9.17) is 0 Å². The second-order valence-electron chi connectivity index (χ2n) is 4.98. The molecule has 19 heavy (non-hydrogen) atoms. The average Bonchev–Trinajstić information content (AvgIpc) is 2.92. The number of carbonyl (C=O) groups excluding carboxylic acids is 1. The first kappa shape index (κ1) is 14.0. The number of rotatable bonds is 5. The number of nitrogens with one attached hydrogen (secondary N) is 1. The van der Waals surface area contributed by atoms with Gasteiger partial charge in [-0.3, -0.25) is 4.79 Å². The number of anilines is 1.